The van der Waals surface area contributed by atoms with Crippen molar-refractivity contribution in [1.82, 2.24) is 5.32 Å². The van der Waals surface area contributed by atoms with Gasteiger partial charge in [-0.05, 0) is 98.0 Å². The maximum atomic E-state index is 13.1. The lowest BCUT2D eigenvalue weighted by Gasteiger charge is -2.56. The van der Waals surface area contributed by atoms with E-state index >= 15 is 0 Å². The van der Waals surface area contributed by atoms with Crippen molar-refractivity contribution in [2.24, 2.45) is 34.5 Å². The van der Waals surface area contributed by atoms with Gasteiger partial charge in [0.25, 0.3) is 5.91 Å². The molecule has 4 heteroatoms. The molecule has 1 amide bonds. The van der Waals surface area contributed by atoms with Gasteiger partial charge in [0.1, 0.15) is 0 Å². The first-order valence-electron chi connectivity index (χ1n) is 12.5. The third-order valence-electron chi connectivity index (χ3n) is 9.85. The number of nitrogens with one attached hydrogen (secondary N) is 1. The Bertz CT molecular complexity index is 866. The summed E-state index contributed by atoms with van der Waals surface area (Å²) in [4.78, 5) is 13.1. The van der Waals surface area contributed by atoms with E-state index in [1.165, 1.54) is 5.57 Å². The van der Waals surface area contributed by atoms with E-state index in [-0.39, 0.29) is 35.4 Å². The number of fused-ring (bicyclic) bond motifs is 1. The Morgan fingerprint density at radius 3 is 2.62 bits per heavy atom. The number of carbonyl (C=O) groups excluding carboxylic acids is 1. The van der Waals surface area contributed by atoms with Crippen LogP contribution in [-0.4, -0.2) is 35.4 Å². The first-order chi connectivity index (χ1) is 15.2. The SMILES string of the molecule is C=C1CCC2C(CNC(=O)c3ccccc3C)C(C3(C)CCC(O)CC3CO)CCC12C. The second-order valence-corrected chi connectivity index (χ2v) is 11.3. The largest absolute Gasteiger partial charge is 0.396 e. The molecule has 1 aromatic carbocycles. The van der Waals surface area contributed by atoms with Crippen LogP contribution in [0.1, 0.15) is 74.7 Å². The van der Waals surface area contributed by atoms with Gasteiger partial charge in [0.15, 0.2) is 0 Å². The Labute approximate surface area is 193 Å². The minimum Gasteiger partial charge on any atom is -0.396 e. The molecule has 0 aromatic heterocycles. The molecule has 1 aromatic rings. The maximum absolute atomic E-state index is 13.1. The van der Waals surface area contributed by atoms with Gasteiger partial charge in [0, 0.05) is 18.7 Å². The second-order valence-electron chi connectivity index (χ2n) is 11.3. The van der Waals surface area contributed by atoms with E-state index in [4.69, 9.17) is 0 Å². The zero-order valence-electron chi connectivity index (χ0n) is 20.1. The Hall–Kier alpha value is -1.65. The lowest BCUT2D eigenvalue weighted by atomic mass is 9.49. The standard InChI is InChI=1S/C28H41NO3/c1-18-7-5-6-8-22(18)26(32)29-16-23-24-10-9-19(2)27(24,3)14-12-25(23)28(4)13-11-21(31)15-20(28)17-30/h5-8,20-21,23-25,30-31H,2,9-17H2,1,3-4H3,(H,29,32). The van der Waals surface area contributed by atoms with Crippen LogP contribution in [0.3, 0.4) is 0 Å². The van der Waals surface area contributed by atoms with Crippen molar-refractivity contribution >= 4 is 5.91 Å². The Morgan fingerprint density at radius 1 is 1.16 bits per heavy atom. The van der Waals surface area contributed by atoms with Crippen molar-refractivity contribution in [2.75, 3.05) is 13.2 Å². The van der Waals surface area contributed by atoms with E-state index in [1.807, 2.05) is 31.2 Å². The Balaban J connectivity index is 1.61. The summed E-state index contributed by atoms with van der Waals surface area (Å²) in [6.07, 6.45) is 6.57. The summed E-state index contributed by atoms with van der Waals surface area (Å²) < 4.78 is 0. The van der Waals surface area contributed by atoms with Gasteiger partial charge in [0.2, 0.25) is 0 Å². The Kier molecular flexibility index (Phi) is 6.57. The highest BCUT2D eigenvalue weighted by Gasteiger charge is 2.56. The van der Waals surface area contributed by atoms with Crippen molar-refractivity contribution in [3.8, 4) is 0 Å². The number of benzene rings is 1. The second kappa shape index (κ2) is 8.95. The van der Waals surface area contributed by atoms with Crippen molar-refractivity contribution in [3.05, 3.63) is 47.5 Å². The predicted octanol–water partition coefficient (Wildman–Crippen LogP) is 4.88. The molecule has 3 aliphatic rings. The Morgan fingerprint density at radius 2 is 1.91 bits per heavy atom. The monoisotopic (exact) mass is 439 g/mol. The molecule has 0 spiro atoms. The fourth-order valence-corrected chi connectivity index (χ4v) is 7.60. The van der Waals surface area contributed by atoms with Gasteiger partial charge in [-0.2, -0.15) is 0 Å². The fourth-order valence-electron chi connectivity index (χ4n) is 7.60. The van der Waals surface area contributed by atoms with Crippen LogP contribution in [0.2, 0.25) is 0 Å². The molecule has 4 rings (SSSR count). The van der Waals surface area contributed by atoms with Crippen LogP contribution in [-0.2, 0) is 0 Å². The zero-order valence-corrected chi connectivity index (χ0v) is 20.1. The van der Waals surface area contributed by atoms with Crippen LogP contribution < -0.4 is 5.32 Å². The van der Waals surface area contributed by atoms with Crippen molar-refractivity contribution in [2.45, 2.75) is 71.8 Å². The van der Waals surface area contributed by atoms with Crippen molar-refractivity contribution in [1.29, 1.82) is 0 Å². The topological polar surface area (TPSA) is 69.6 Å². The van der Waals surface area contributed by atoms with E-state index < -0.39 is 0 Å². The van der Waals surface area contributed by atoms with Gasteiger partial charge in [0.05, 0.1) is 6.10 Å². The van der Waals surface area contributed by atoms with E-state index in [1.54, 1.807) is 0 Å². The number of carbonyl (C=O) groups is 1. The normalized spacial score (nSPS) is 39.5. The van der Waals surface area contributed by atoms with E-state index in [9.17, 15) is 15.0 Å². The van der Waals surface area contributed by atoms with Crippen LogP contribution in [0.25, 0.3) is 0 Å². The molecule has 176 valence electrons. The molecule has 3 N–H and O–H groups in total. The molecule has 0 radical (unpaired) electrons. The summed E-state index contributed by atoms with van der Waals surface area (Å²) in [6.45, 7) is 11.9. The molecule has 4 nitrogen and oxygen atoms in total. The first-order valence-corrected chi connectivity index (χ1v) is 12.5. The molecule has 0 saturated heterocycles. The fraction of sp³-hybridized carbons (Fsp3) is 0.679. The summed E-state index contributed by atoms with van der Waals surface area (Å²) in [5.74, 6) is 1.41. The average molecular weight is 440 g/mol. The van der Waals surface area contributed by atoms with E-state index in [2.05, 4.69) is 25.7 Å². The number of aliphatic hydroxyl groups is 2. The number of hydrogen-bond donors (Lipinski definition) is 3. The number of amides is 1. The molecule has 3 saturated carbocycles. The van der Waals surface area contributed by atoms with Gasteiger partial charge >= 0.3 is 0 Å². The third kappa shape index (κ3) is 3.94. The molecule has 7 unspecified atom stereocenters. The van der Waals surface area contributed by atoms with Gasteiger partial charge in [-0.15, -0.1) is 0 Å². The molecule has 3 fully saturated rings. The minimum absolute atomic E-state index is 0.00822. The van der Waals surface area contributed by atoms with Crippen LogP contribution in [0, 0.1) is 41.4 Å². The predicted molar refractivity (Wildman–Crippen MR) is 128 cm³/mol. The third-order valence-corrected chi connectivity index (χ3v) is 9.85. The summed E-state index contributed by atoms with van der Waals surface area (Å²) in [7, 11) is 0. The zero-order chi connectivity index (χ0) is 23.1. The summed E-state index contributed by atoms with van der Waals surface area (Å²) in [5, 5.41) is 23.8. The van der Waals surface area contributed by atoms with E-state index in [0.29, 0.717) is 30.7 Å². The van der Waals surface area contributed by atoms with Gasteiger partial charge in [-0.1, -0.05) is 44.2 Å². The highest BCUT2D eigenvalue weighted by molar-refractivity contribution is 5.95. The van der Waals surface area contributed by atoms with Gasteiger partial charge in [-0.25, -0.2) is 0 Å². The van der Waals surface area contributed by atoms with Crippen molar-refractivity contribution in [3.63, 3.8) is 0 Å². The van der Waals surface area contributed by atoms with Crippen LogP contribution in [0.15, 0.2) is 36.4 Å². The molecule has 7 atom stereocenters. The molecule has 0 bridgehead atoms. The summed E-state index contributed by atoms with van der Waals surface area (Å²) in [6, 6.07) is 7.77. The number of hydrogen-bond acceptors (Lipinski definition) is 3. The number of aryl methyl sites for hydroxylation is 1. The molecular weight excluding hydrogens is 398 g/mol. The number of allylic oxidation sites excluding steroid dienone is 1. The van der Waals surface area contributed by atoms with Gasteiger partial charge < -0.3 is 15.5 Å². The highest BCUT2D eigenvalue weighted by atomic mass is 16.3. The average Bonchev–Trinajstić information content (AvgIpc) is 3.08. The maximum Gasteiger partial charge on any atom is 0.251 e. The lowest BCUT2D eigenvalue weighted by Crippen LogP contribution is -2.53. The number of rotatable bonds is 5. The minimum atomic E-state index is -0.306. The number of aliphatic hydroxyl groups excluding tert-OH is 2. The van der Waals surface area contributed by atoms with Crippen molar-refractivity contribution < 1.29 is 15.0 Å². The molecule has 32 heavy (non-hydrogen) atoms. The smallest absolute Gasteiger partial charge is 0.251 e. The first kappa shape index (κ1) is 23.5. The summed E-state index contributed by atoms with van der Waals surface area (Å²) >= 11 is 0. The molecule has 0 aliphatic heterocycles. The molecule has 0 heterocycles. The lowest BCUT2D eigenvalue weighted by molar-refractivity contribution is -0.0928. The van der Waals surface area contributed by atoms with Gasteiger partial charge in [-0.3, -0.25) is 4.79 Å². The molecular formula is C28H41NO3. The van der Waals surface area contributed by atoms with Crippen LogP contribution >= 0.6 is 0 Å². The van der Waals surface area contributed by atoms with Crippen LogP contribution in [0.4, 0.5) is 0 Å². The highest BCUT2D eigenvalue weighted by Crippen LogP contribution is 2.63. The summed E-state index contributed by atoms with van der Waals surface area (Å²) in [5.41, 5.74) is 3.25. The molecule has 3 aliphatic carbocycles. The van der Waals surface area contributed by atoms with Crippen LogP contribution in [0.5, 0.6) is 0 Å². The quantitative estimate of drug-likeness (QED) is 0.573. The van der Waals surface area contributed by atoms with E-state index in [0.717, 1.165) is 49.7 Å².